The van der Waals surface area contributed by atoms with Gasteiger partial charge in [0.15, 0.2) is 0 Å². The van der Waals surface area contributed by atoms with Crippen LogP contribution in [-0.2, 0) is 6.54 Å². The number of hydrogen-bond donors (Lipinski definition) is 1. The van der Waals surface area contributed by atoms with E-state index in [1.54, 1.807) is 14.2 Å². The van der Waals surface area contributed by atoms with Gasteiger partial charge in [0.1, 0.15) is 34.4 Å². The molecule has 0 spiro atoms. The lowest BCUT2D eigenvalue weighted by molar-refractivity contribution is 0.415. The zero-order valence-corrected chi connectivity index (χ0v) is 17.0. The second kappa shape index (κ2) is 8.65. The predicted octanol–water partition coefficient (Wildman–Crippen LogP) is 4.74. The summed E-state index contributed by atoms with van der Waals surface area (Å²) in [5, 5.41) is 11.9. The highest BCUT2D eigenvalue weighted by Gasteiger charge is 2.19. The molecule has 0 atom stereocenters. The number of hydrogen-bond acceptors (Lipinski definition) is 7. The first-order valence-electron chi connectivity index (χ1n) is 9.50. The molecule has 0 saturated carbocycles. The third kappa shape index (κ3) is 3.96. The van der Waals surface area contributed by atoms with Crippen molar-refractivity contribution in [2.24, 2.45) is 0 Å². The molecule has 0 saturated heterocycles. The van der Waals surface area contributed by atoms with E-state index in [4.69, 9.17) is 18.9 Å². The molecular formula is C23H22N4O3. The van der Waals surface area contributed by atoms with Crippen molar-refractivity contribution in [3.05, 3.63) is 72.2 Å². The van der Waals surface area contributed by atoms with E-state index in [1.165, 1.54) is 0 Å². The fourth-order valence-corrected chi connectivity index (χ4v) is 3.20. The average molecular weight is 402 g/mol. The molecule has 0 radical (unpaired) electrons. The van der Waals surface area contributed by atoms with E-state index in [0.29, 0.717) is 35.4 Å². The lowest BCUT2D eigenvalue weighted by Gasteiger charge is -2.14. The van der Waals surface area contributed by atoms with E-state index < -0.39 is 0 Å². The van der Waals surface area contributed by atoms with E-state index in [0.717, 1.165) is 22.6 Å². The van der Waals surface area contributed by atoms with Crippen LogP contribution >= 0.6 is 0 Å². The fourth-order valence-electron chi connectivity index (χ4n) is 3.20. The summed E-state index contributed by atoms with van der Waals surface area (Å²) in [4.78, 5) is 4.76. The fraction of sp³-hybridized carbons (Fsp3) is 0.174. The Hall–Kier alpha value is -3.87. The molecule has 2 aromatic heterocycles. The highest BCUT2D eigenvalue weighted by atomic mass is 16.5. The molecule has 2 heterocycles. The third-order valence-electron chi connectivity index (χ3n) is 4.63. The summed E-state index contributed by atoms with van der Waals surface area (Å²) in [6.45, 7) is 2.36. The van der Waals surface area contributed by atoms with Crippen molar-refractivity contribution in [2.75, 3.05) is 19.5 Å². The van der Waals surface area contributed by atoms with Gasteiger partial charge in [-0.3, -0.25) is 0 Å². The molecule has 0 aliphatic heterocycles. The average Bonchev–Trinajstić information content (AvgIpc) is 3.22. The Morgan fingerprint density at radius 1 is 0.800 bits per heavy atom. The number of aromatic nitrogens is 3. The Morgan fingerprint density at radius 3 is 2.03 bits per heavy atom. The second-order valence-electron chi connectivity index (χ2n) is 6.60. The summed E-state index contributed by atoms with van der Waals surface area (Å²) >= 11 is 0. The van der Waals surface area contributed by atoms with Gasteiger partial charge in [-0.05, 0) is 43.3 Å². The van der Waals surface area contributed by atoms with Crippen molar-refractivity contribution >= 4 is 5.95 Å². The molecule has 2 aromatic carbocycles. The topological polar surface area (TPSA) is 82.3 Å². The maximum Gasteiger partial charge on any atom is 0.243 e. The highest BCUT2D eigenvalue weighted by Crippen LogP contribution is 2.38. The van der Waals surface area contributed by atoms with Crippen molar-refractivity contribution in [1.29, 1.82) is 0 Å². The first-order chi connectivity index (χ1) is 14.7. The Labute approximate surface area is 174 Å². The van der Waals surface area contributed by atoms with E-state index >= 15 is 0 Å². The lowest BCUT2D eigenvalue weighted by Crippen LogP contribution is -2.07. The zero-order valence-electron chi connectivity index (χ0n) is 17.0. The number of rotatable bonds is 7. The van der Waals surface area contributed by atoms with Gasteiger partial charge in [-0.2, -0.15) is 0 Å². The van der Waals surface area contributed by atoms with Crippen LogP contribution in [0.3, 0.4) is 0 Å². The van der Waals surface area contributed by atoms with Gasteiger partial charge in [0.2, 0.25) is 5.95 Å². The van der Waals surface area contributed by atoms with Crippen LogP contribution in [0.1, 0.15) is 11.5 Å². The molecule has 30 heavy (non-hydrogen) atoms. The summed E-state index contributed by atoms with van der Waals surface area (Å²) in [6, 6.07) is 19.2. The smallest absolute Gasteiger partial charge is 0.243 e. The first kappa shape index (κ1) is 19.4. The zero-order chi connectivity index (χ0) is 20.9. The summed E-state index contributed by atoms with van der Waals surface area (Å²) in [5.74, 6) is 3.43. The number of nitrogens with zero attached hydrogens (tertiary/aromatic N) is 3. The summed E-state index contributed by atoms with van der Waals surface area (Å²) in [5.41, 5.74) is 2.86. The maximum atomic E-state index is 5.60. The Morgan fingerprint density at radius 2 is 1.43 bits per heavy atom. The van der Waals surface area contributed by atoms with Crippen LogP contribution in [0.2, 0.25) is 0 Å². The van der Waals surface area contributed by atoms with Crippen LogP contribution in [0.15, 0.2) is 65.1 Å². The van der Waals surface area contributed by atoms with Gasteiger partial charge < -0.3 is 19.2 Å². The van der Waals surface area contributed by atoms with Gasteiger partial charge in [-0.25, -0.2) is 4.98 Å². The SMILES string of the molecule is COc1ccccc1-c1nnc(NCc2ccc(C)o2)nc1-c1ccccc1OC. The molecule has 0 fully saturated rings. The number of para-hydroxylation sites is 2. The van der Waals surface area contributed by atoms with Gasteiger partial charge in [-0.15, -0.1) is 10.2 Å². The monoisotopic (exact) mass is 402 g/mol. The molecule has 4 rings (SSSR count). The van der Waals surface area contributed by atoms with E-state index in [1.807, 2.05) is 67.6 Å². The minimum absolute atomic E-state index is 0.392. The molecule has 0 bridgehead atoms. The molecule has 1 N–H and O–H groups in total. The molecule has 0 amide bonds. The van der Waals surface area contributed by atoms with Crippen molar-refractivity contribution in [3.8, 4) is 34.0 Å². The van der Waals surface area contributed by atoms with Gasteiger partial charge in [-0.1, -0.05) is 24.3 Å². The summed E-state index contributed by atoms with van der Waals surface area (Å²) < 4.78 is 16.7. The Bertz CT molecular complexity index is 1160. The number of benzene rings is 2. The predicted molar refractivity (Wildman–Crippen MR) is 115 cm³/mol. The summed E-state index contributed by atoms with van der Waals surface area (Å²) in [7, 11) is 3.26. The number of aryl methyl sites for hydroxylation is 1. The Kier molecular flexibility index (Phi) is 5.61. The Balaban J connectivity index is 1.79. The highest BCUT2D eigenvalue weighted by molar-refractivity contribution is 5.83. The maximum absolute atomic E-state index is 5.60. The minimum atomic E-state index is 0.392. The molecule has 0 aliphatic carbocycles. The molecule has 4 aromatic rings. The van der Waals surface area contributed by atoms with Crippen LogP contribution in [-0.4, -0.2) is 29.4 Å². The van der Waals surface area contributed by atoms with Gasteiger partial charge in [0.25, 0.3) is 0 Å². The molecule has 7 heteroatoms. The van der Waals surface area contributed by atoms with Crippen LogP contribution in [0.5, 0.6) is 11.5 Å². The first-order valence-corrected chi connectivity index (χ1v) is 9.50. The van der Waals surface area contributed by atoms with Crippen LogP contribution in [0.25, 0.3) is 22.5 Å². The van der Waals surface area contributed by atoms with E-state index in [9.17, 15) is 0 Å². The number of methoxy groups -OCH3 is 2. The number of ether oxygens (including phenoxy) is 2. The van der Waals surface area contributed by atoms with E-state index in [-0.39, 0.29) is 0 Å². The number of anilines is 1. The van der Waals surface area contributed by atoms with Crippen LogP contribution < -0.4 is 14.8 Å². The lowest BCUT2D eigenvalue weighted by atomic mass is 10.0. The quantitative estimate of drug-likeness (QED) is 0.478. The molecule has 0 aliphatic rings. The molecular weight excluding hydrogens is 380 g/mol. The van der Waals surface area contributed by atoms with Gasteiger partial charge >= 0.3 is 0 Å². The minimum Gasteiger partial charge on any atom is -0.496 e. The van der Waals surface area contributed by atoms with Crippen molar-refractivity contribution in [1.82, 2.24) is 15.2 Å². The van der Waals surface area contributed by atoms with Crippen molar-refractivity contribution < 1.29 is 13.9 Å². The summed E-state index contributed by atoms with van der Waals surface area (Å²) in [6.07, 6.45) is 0. The third-order valence-corrected chi connectivity index (χ3v) is 4.63. The van der Waals surface area contributed by atoms with Crippen LogP contribution in [0.4, 0.5) is 5.95 Å². The molecule has 0 unspecified atom stereocenters. The standard InChI is InChI=1S/C23H22N4O3/c1-15-12-13-16(30-15)14-24-23-25-21(17-8-4-6-10-19(17)28-2)22(26-27-23)18-9-5-7-11-20(18)29-3/h4-13H,14H2,1-3H3,(H,24,25,27). The number of furan rings is 1. The number of nitrogens with one attached hydrogen (secondary N) is 1. The molecule has 7 nitrogen and oxygen atoms in total. The molecule has 152 valence electrons. The van der Waals surface area contributed by atoms with Crippen molar-refractivity contribution in [3.63, 3.8) is 0 Å². The van der Waals surface area contributed by atoms with Crippen molar-refractivity contribution in [2.45, 2.75) is 13.5 Å². The second-order valence-corrected chi connectivity index (χ2v) is 6.60. The van der Waals surface area contributed by atoms with E-state index in [2.05, 4.69) is 15.5 Å². The normalized spacial score (nSPS) is 10.6. The van der Waals surface area contributed by atoms with Gasteiger partial charge in [0, 0.05) is 11.1 Å². The largest absolute Gasteiger partial charge is 0.496 e. The van der Waals surface area contributed by atoms with Gasteiger partial charge in [0.05, 0.1) is 20.8 Å². The van der Waals surface area contributed by atoms with Crippen LogP contribution in [0, 0.1) is 6.92 Å².